The van der Waals surface area contributed by atoms with Gasteiger partial charge in [-0.2, -0.15) is 5.10 Å². The molecular weight excluding hydrogens is 335 g/mol. The summed E-state index contributed by atoms with van der Waals surface area (Å²) in [5.41, 5.74) is 3.28. The Labute approximate surface area is 152 Å². The number of aliphatic hydroxyl groups is 1. The Hall–Kier alpha value is -2.25. The van der Waals surface area contributed by atoms with Gasteiger partial charge >= 0.3 is 0 Å². The number of aromatic nitrogens is 2. The average Bonchev–Trinajstić information content (AvgIpc) is 3.01. The quantitative estimate of drug-likeness (QED) is 0.884. The van der Waals surface area contributed by atoms with E-state index in [9.17, 15) is 14.3 Å². The van der Waals surface area contributed by atoms with Crippen LogP contribution in [-0.2, 0) is 24.4 Å². The first kappa shape index (κ1) is 18.5. The molecular formula is C19H25FN4O2. The number of rotatable bonds is 5. The number of amides is 1. The van der Waals surface area contributed by atoms with Gasteiger partial charge < -0.3 is 10.0 Å². The van der Waals surface area contributed by atoms with E-state index in [1.165, 1.54) is 11.0 Å². The molecule has 1 aliphatic heterocycles. The Balaban J connectivity index is 1.66. The van der Waals surface area contributed by atoms with Crippen molar-refractivity contribution in [3.8, 4) is 0 Å². The van der Waals surface area contributed by atoms with Crippen molar-refractivity contribution in [3.63, 3.8) is 0 Å². The molecule has 0 saturated carbocycles. The van der Waals surface area contributed by atoms with Gasteiger partial charge in [-0.15, -0.1) is 0 Å². The molecule has 0 saturated heterocycles. The first-order valence-corrected chi connectivity index (χ1v) is 8.75. The third kappa shape index (κ3) is 4.11. The summed E-state index contributed by atoms with van der Waals surface area (Å²) in [7, 11) is 3.34. The van der Waals surface area contributed by atoms with Gasteiger partial charge in [-0.25, -0.2) is 4.39 Å². The minimum absolute atomic E-state index is 0.0298. The Kier molecular flexibility index (Phi) is 5.38. The maximum Gasteiger partial charge on any atom is 0.225 e. The molecule has 1 aromatic carbocycles. The van der Waals surface area contributed by atoms with Gasteiger partial charge in [0.25, 0.3) is 0 Å². The first-order chi connectivity index (χ1) is 12.3. The van der Waals surface area contributed by atoms with E-state index >= 15 is 0 Å². The topological polar surface area (TPSA) is 61.6 Å². The first-order valence-electron chi connectivity index (χ1n) is 8.75. The SMILES string of the molecule is Cc1cc(CN2CCn3nc(C(O)CC(=O)N(C)C)cc3C2)ccc1F. The second-order valence-corrected chi connectivity index (χ2v) is 7.09. The lowest BCUT2D eigenvalue weighted by Gasteiger charge is -2.27. The van der Waals surface area contributed by atoms with Crippen molar-refractivity contribution in [3.05, 3.63) is 52.6 Å². The number of fused-ring (bicyclic) bond motifs is 1. The minimum atomic E-state index is -0.892. The van der Waals surface area contributed by atoms with Crippen LogP contribution in [0.4, 0.5) is 4.39 Å². The fourth-order valence-corrected chi connectivity index (χ4v) is 3.16. The number of carbonyl (C=O) groups excluding carboxylic acids is 1. The van der Waals surface area contributed by atoms with Gasteiger partial charge in [0.05, 0.1) is 24.4 Å². The molecule has 6 nitrogen and oxygen atoms in total. The van der Waals surface area contributed by atoms with E-state index in [0.29, 0.717) is 17.8 Å². The molecule has 1 aromatic heterocycles. The molecule has 7 heteroatoms. The Bertz CT molecular complexity index is 803. The van der Waals surface area contributed by atoms with Crippen molar-refractivity contribution in [1.82, 2.24) is 19.6 Å². The van der Waals surface area contributed by atoms with Crippen LogP contribution in [0.1, 0.15) is 35.0 Å². The van der Waals surface area contributed by atoms with Crippen LogP contribution in [-0.4, -0.2) is 51.2 Å². The van der Waals surface area contributed by atoms with Gasteiger partial charge in [-0.3, -0.25) is 14.4 Å². The summed E-state index contributed by atoms with van der Waals surface area (Å²) >= 11 is 0. The lowest BCUT2D eigenvalue weighted by Crippen LogP contribution is -2.33. The van der Waals surface area contributed by atoms with Crippen LogP contribution in [0.5, 0.6) is 0 Å². The number of aryl methyl sites for hydroxylation is 1. The molecule has 1 amide bonds. The highest BCUT2D eigenvalue weighted by Crippen LogP contribution is 2.22. The van der Waals surface area contributed by atoms with Crippen LogP contribution in [0.3, 0.4) is 0 Å². The number of hydrogen-bond acceptors (Lipinski definition) is 4. The normalized spacial score (nSPS) is 15.6. The molecule has 26 heavy (non-hydrogen) atoms. The van der Waals surface area contributed by atoms with E-state index in [1.807, 2.05) is 22.9 Å². The molecule has 1 aliphatic rings. The Morgan fingerprint density at radius 1 is 1.35 bits per heavy atom. The van der Waals surface area contributed by atoms with E-state index in [2.05, 4.69) is 10.00 Å². The van der Waals surface area contributed by atoms with Crippen LogP contribution in [0.2, 0.25) is 0 Å². The molecule has 3 rings (SSSR count). The third-order valence-corrected chi connectivity index (χ3v) is 4.73. The molecule has 0 radical (unpaired) electrons. The summed E-state index contributed by atoms with van der Waals surface area (Å²) in [6.07, 6.45) is -0.863. The van der Waals surface area contributed by atoms with Crippen molar-refractivity contribution in [2.24, 2.45) is 0 Å². The largest absolute Gasteiger partial charge is 0.386 e. The van der Waals surface area contributed by atoms with Gasteiger partial charge in [0, 0.05) is 33.7 Å². The van der Waals surface area contributed by atoms with Crippen molar-refractivity contribution in [1.29, 1.82) is 0 Å². The molecule has 1 N–H and O–H groups in total. The molecule has 0 bridgehead atoms. The highest BCUT2D eigenvalue weighted by molar-refractivity contribution is 5.76. The summed E-state index contributed by atoms with van der Waals surface area (Å²) in [5, 5.41) is 14.7. The second-order valence-electron chi connectivity index (χ2n) is 7.09. The van der Waals surface area contributed by atoms with Crippen LogP contribution in [0.15, 0.2) is 24.3 Å². The van der Waals surface area contributed by atoms with E-state index < -0.39 is 6.10 Å². The molecule has 2 aromatic rings. The molecule has 0 fully saturated rings. The maximum atomic E-state index is 13.4. The molecule has 0 aliphatic carbocycles. The van der Waals surface area contributed by atoms with E-state index in [-0.39, 0.29) is 18.1 Å². The monoisotopic (exact) mass is 360 g/mol. The lowest BCUT2D eigenvalue weighted by molar-refractivity contribution is -0.130. The number of benzene rings is 1. The lowest BCUT2D eigenvalue weighted by atomic mass is 10.1. The zero-order chi connectivity index (χ0) is 18.8. The molecule has 1 atom stereocenters. The third-order valence-electron chi connectivity index (χ3n) is 4.73. The summed E-state index contributed by atoms with van der Waals surface area (Å²) in [6, 6.07) is 7.07. The predicted octanol–water partition coefficient (Wildman–Crippen LogP) is 1.86. The average molecular weight is 360 g/mol. The summed E-state index contributed by atoms with van der Waals surface area (Å²) in [5.74, 6) is -0.312. The standard InChI is InChI=1S/C19H25FN4O2/c1-13-8-14(4-5-16(13)20)11-23-6-7-24-15(12-23)9-17(21-24)18(25)10-19(26)22(2)3/h4-5,8-9,18,25H,6-7,10-12H2,1-3H3. The van der Waals surface area contributed by atoms with Crippen LogP contribution < -0.4 is 0 Å². The number of nitrogens with zero attached hydrogens (tertiary/aromatic N) is 4. The van der Waals surface area contributed by atoms with Gasteiger partial charge in [-0.05, 0) is 30.2 Å². The van der Waals surface area contributed by atoms with Crippen LogP contribution in [0.25, 0.3) is 0 Å². The smallest absolute Gasteiger partial charge is 0.225 e. The number of aliphatic hydroxyl groups excluding tert-OH is 1. The zero-order valence-corrected chi connectivity index (χ0v) is 15.4. The summed E-state index contributed by atoms with van der Waals surface area (Å²) < 4.78 is 15.3. The van der Waals surface area contributed by atoms with Crippen molar-refractivity contribution >= 4 is 5.91 Å². The van der Waals surface area contributed by atoms with Gasteiger partial charge in [-0.1, -0.05) is 12.1 Å². The van der Waals surface area contributed by atoms with Gasteiger partial charge in [0.2, 0.25) is 5.91 Å². The minimum Gasteiger partial charge on any atom is -0.386 e. The summed E-state index contributed by atoms with van der Waals surface area (Å²) in [4.78, 5) is 15.5. The van der Waals surface area contributed by atoms with Crippen LogP contribution in [0, 0.1) is 12.7 Å². The number of halogens is 1. The number of carbonyl (C=O) groups is 1. The number of hydrogen-bond donors (Lipinski definition) is 1. The maximum absolute atomic E-state index is 13.4. The Morgan fingerprint density at radius 3 is 2.81 bits per heavy atom. The predicted molar refractivity (Wildman–Crippen MR) is 95.7 cm³/mol. The van der Waals surface area contributed by atoms with Crippen molar-refractivity contribution in [2.45, 2.75) is 39.1 Å². The van der Waals surface area contributed by atoms with Crippen LogP contribution >= 0.6 is 0 Å². The molecule has 140 valence electrons. The highest BCUT2D eigenvalue weighted by Gasteiger charge is 2.23. The Morgan fingerprint density at radius 2 is 2.12 bits per heavy atom. The molecule has 0 spiro atoms. The molecule has 1 unspecified atom stereocenters. The van der Waals surface area contributed by atoms with Gasteiger partial charge in [0.1, 0.15) is 11.9 Å². The zero-order valence-electron chi connectivity index (χ0n) is 15.4. The van der Waals surface area contributed by atoms with E-state index in [0.717, 1.165) is 30.9 Å². The van der Waals surface area contributed by atoms with Crippen molar-refractivity contribution in [2.75, 3.05) is 20.6 Å². The second kappa shape index (κ2) is 7.55. The molecule has 2 heterocycles. The fourth-order valence-electron chi connectivity index (χ4n) is 3.16. The van der Waals surface area contributed by atoms with Gasteiger partial charge in [0.15, 0.2) is 0 Å². The fraction of sp³-hybridized carbons (Fsp3) is 0.474. The van der Waals surface area contributed by atoms with Crippen molar-refractivity contribution < 1.29 is 14.3 Å². The van der Waals surface area contributed by atoms with E-state index in [1.54, 1.807) is 21.0 Å². The highest BCUT2D eigenvalue weighted by atomic mass is 19.1. The van der Waals surface area contributed by atoms with E-state index in [4.69, 9.17) is 0 Å². The summed E-state index contributed by atoms with van der Waals surface area (Å²) in [6.45, 7) is 4.77.